The van der Waals surface area contributed by atoms with Crippen molar-refractivity contribution >= 4 is 5.91 Å². The standard InChI is InChI=1S/C22H22N2O2/c25-22(21-14-20(23-26-21)19-12-5-2-6-13-19)24(16-18-10-7-11-18)15-17-8-3-1-4-9-17/h1-6,8-9,12-14,18H,7,10-11,15-16H2. The lowest BCUT2D eigenvalue weighted by molar-refractivity contribution is 0.0638. The molecule has 132 valence electrons. The number of benzene rings is 2. The van der Waals surface area contributed by atoms with Crippen LogP contribution < -0.4 is 0 Å². The van der Waals surface area contributed by atoms with Crippen LogP contribution in [0.1, 0.15) is 35.4 Å². The van der Waals surface area contributed by atoms with E-state index in [-0.39, 0.29) is 5.91 Å². The number of carbonyl (C=O) groups excluding carboxylic acids is 1. The van der Waals surface area contributed by atoms with Crippen molar-refractivity contribution in [3.05, 3.63) is 78.1 Å². The van der Waals surface area contributed by atoms with Gasteiger partial charge in [0.05, 0.1) is 0 Å². The number of rotatable bonds is 6. The third kappa shape index (κ3) is 3.69. The van der Waals surface area contributed by atoms with Crippen molar-refractivity contribution in [1.29, 1.82) is 0 Å². The van der Waals surface area contributed by atoms with E-state index in [1.165, 1.54) is 19.3 Å². The van der Waals surface area contributed by atoms with E-state index in [1.54, 1.807) is 6.07 Å². The Morgan fingerprint density at radius 3 is 2.38 bits per heavy atom. The molecule has 1 fully saturated rings. The van der Waals surface area contributed by atoms with Crippen LogP contribution in [-0.4, -0.2) is 22.5 Å². The number of aromatic nitrogens is 1. The van der Waals surface area contributed by atoms with Gasteiger partial charge in [-0.25, -0.2) is 0 Å². The van der Waals surface area contributed by atoms with Gasteiger partial charge in [-0.1, -0.05) is 72.2 Å². The quantitative estimate of drug-likeness (QED) is 0.645. The van der Waals surface area contributed by atoms with Crippen LogP contribution in [0.15, 0.2) is 71.3 Å². The molecule has 1 aliphatic rings. The first-order valence-electron chi connectivity index (χ1n) is 9.15. The van der Waals surface area contributed by atoms with Crippen LogP contribution in [0.25, 0.3) is 11.3 Å². The van der Waals surface area contributed by atoms with Crippen molar-refractivity contribution in [3.8, 4) is 11.3 Å². The van der Waals surface area contributed by atoms with Gasteiger partial charge in [0, 0.05) is 24.7 Å². The molecule has 3 aromatic rings. The number of nitrogens with zero attached hydrogens (tertiary/aromatic N) is 2. The maximum absolute atomic E-state index is 13.1. The molecule has 0 radical (unpaired) electrons. The second-order valence-electron chi connectivity index (χ2n) is 6.91. The van der Waals surface area contributed by atoms with Gasteiger partial charge in [0.1, 0.15) is 5.69 Å². The average molecular weight is 346 g/mol. The van der Waals surface area contributed by atoms with Gasteiger partial charge in [-0.05, 0) is 24.3 Å². The van der Waals surface area contributed by atoms with Crippen molar-refractivity contribution in [1.82, 2.24) is 10.1 Å². The third-order valence-corrected chi connectivity index (χ3v) is 5.00. The number of hydrogen-bond acceptors (Lipinski definition) is 3. The highest BCUT2D eigenvalue weighted by Gasteiger charge is 2.26. The Balaban J connectivity index is 1.54. The highest BCUT2D eigenvalue weighted by Crippen LogP contribution is 2.28. The molecule has 1 amide bonds. The molecule has 0 N–H and O–H groups in total. The van der Waals surface area contributed by atoms with E-state index in [0.717, 1.165) is 17.7 Å². The summed E-state index contributed by atoms with van der Waals surface area (Å²) in [4.78, 5) is 15.0. The molecule has 4 rings (SSSR count). The van der Waals surface area contributed by atoms with Gasteiger partial charge in [-0.2, -0.15) is 0 Å². The van der Waals surface area contributed by atoms with Crippen LogP contribution in [0.2, 0.25) is 0 Å². The van der Waals surface area contributed by atoms with Crippen molar-refractivity contribution in [2.24, 2.45) is 5.92 Å². The molecule has 26 heavy (non-hydrogen) atoms. The zero-order valence-corrected chi connectivity index (χ0v) is 14.7. The first kappa shape index (κ1) is 16.6. The van der Waals surface area contributed by atoms with Gasteiger partial charge in [0.25, 0.3) is 5.91 Å². The highest BCUT2D eigenvalue weighted by molar-refractivity contribution is 5.92. The van der Waals surface area contributed by atoms with E-state index in [4.69, 9.17) is 4.52 Å². The summed E-state index contributed by atoms with van der Waals surface area (Å²) in [5.74, 6) is 0.814. The van der Waals surface area contributed by atoms with Gasteiger partial charge in [0.15, 0.2) is 0 Å². The summed E-state index contributed by atoms with van der Waals surface area (Å²) in [6.07, 6.45) is 3.66. The molecule has 4 nitrogen and oxygen atoms in total. The maximum atomic E-state index is 13.1. The Bertz CT molecular complexity index is 854. The highest BCUT2D eigenvalue weighted by atomic mass is 16.5. The summed E-state index contributed by atoms with van der Waals surface area (Å²) in [6, 6.07) is 21.6. The maximum Gasteiger partial charge on any atom is 0.292 e. The summed E-state index contributed by atoms with van der Waals surface area (Å²) >= 11 is 0. The summed E-state index contributed by atoms with van der Waals surface area (Å²) in [5, 5.41) is 4.09. The molecule has 0 bridgehead atoms. The van der Waals surface area contributed by atoms with Gasteiger partial charge in [-0.3, -0.25) is 4.79 Å². The minimum absolute atomic E-state index is 0.0876. The lowest BCUT2D eigenvalue weighted by atomic mass is 9.85. The molecule has 1 aliphatic carbocycles. The Morgan fingerprint density at radius 2 is 1.73 bits per heavy atom. The van der Waals surface area contributed by atoms with E-state index in [9.17, 15) is 4.79 Å². The van der Waals surface area contributed by atoms with E-state index in [0.29, 0.717) is 23.9 Å². The second-order valence-corrected chi connectivity index (χ2v) is 6.91. The minimum Gasteiger partial charge on any atom is -0.350 e. The number of amides is 1. The van der Waals surface area contributed by atoms with Gasteiger partial charge in [0.2, 0.25) is 5.76 Å². The predicted octanol–water partition coefficient (Wildman–Crippen LogP) is 4.78. The SMILES string of the molecule is O=C(c1cc(-c2ccccc2)no1)N(Cc1ccccc1)CC1CCC1. The van der Waals surface area contributed by atoms with Crippen LogP contribution in [0, 0.1) is 5.92 Å². The van der Waals surface area contributed by atoms with Crippen LogP contribution in [0.3, 0.4) is 0 Å². The molecule has 0 saturated heterocycles. The van der Waals surface area contributed by atoms with Gasteiger partial charge < -0.3 is 9.42 Å². The zero-order valence-electron chi connectivity index (χ0n) is 14.7. The van der Waals surface area contributed by atoms with Gasteiger partial charge in [-0.15, -0.1) is 0 Å². The first-order chi connectivity index (χ1) is 12.8. The number of carbonyl (C=O) groups is 1. The monoisotopic (exact) mass is 346 g/mol. The lowest BCUT2D eigenvalue weighted by Gasteiger charge is -2.32. The zero-order chi connectivity index (χ0) is 17.8. The van der Waals surface area contributed by atoms with E-state index in [1.807, 2.05) is 53.4 Å². The molecule has 1 saturated carbocycles. The molecule has 4 heteroatoms. The fourth-order valence-electron chi connectivity index (χ4n) is 3.29. The molecular weight excluding hydrogens is 324 g/mol. The molecular formula is C22H22N2O2. The van der Waals surface area contributed by atoms with E-state index in [2.05, 4.69) is 17.3 Å². The number of hydrogen-bond donors (Lipinski definition) is 0. The Kier molecular flexibility index (Phi) is 4.82. The summed E-state index contributed by atoms with van der Waals surface area (Å²) in [5.41, 5.74) is 2.77. The molecule has 0 atom stereocenters. The van der Waals surface area contributed by atoms with E-state index >= 15 is 0 Å². The first-order valence-corrected chi connectivity index (χ1v) is 9.15. The fourth-order valence-corrected chi connectivity index (χ4v) is 3.29. The summed E-state index contributed by atoms with van der Waals surface area (Å²) < 4.78 is 5.39. The third-order valence-electron chi connectivity index (χ3n) is 5.00. The lowest BCUT2D eigenvalue weighted by Crippen LogP contribution is -2.36. The smallest absolute Gasteiger partial charge is 0.292 e. The predicted molar refractivity (Wildman–Crippen MR) is 100 cm³/mol. The molecule has 1 aromatic heterocycles. The van der Waals surface area contributed by atoms with Crippen molar-refractivity contribution in [2.75, 3.05) is 6.54 Å². The summed E-state index contributed by atoms with van der Waals surface area (Å²) in [6.45, 7) is 1.37. The summed E-state index contributed by atoms with van der Waals surface area (Å²) in [7, 11) is 0. The molecule has 0 spiro atoms. The van der Waals surface area contributed by atoms with Crippen molar-refractivity contribution in [2.45, 2.75) is 25.8 Å². The normalized spacial score (nSPS) is 14.0. The van der Waals surface area contributed by atoms with Crippen LogP contribution in [0.5, 0.6) is 0 Å². The van der Waals surface area contributed by atoms with Crippen LogP contribution in [0.4, 0.5) is 0 Å². The van der Waals surface area contributed by atoms with Crippen LogP contribution >= 0.6 is 0 Å². The Hall–Kier alpha value is -2.88. The topological polar surface area (TPSA) is 46.3 Å². The van der Waals surface area contributed by atoms with E-state index < -0.39 is 0 Å². The van der Waals surface area contributed by atoms with Gasteiger partial charge >= 0.3 is 0 Å². The molecule has 1 heterocycles. The molecule has 2 aromatic carbocycles. The fraction of sp³-hybridized carbons (Fsp3) is 0.273. The van der Waals surface area contributed by atoms with Crippen molar-refractivity contribution in [3.63, 3.8) is 0 Å². The second kappa shape index (κ2) is 7.56. The average Bonchev–Trinajstić information content (AvgIpc) is 3.15. The molecule has 0 aliphatic heterocycles. The van der Waals surface area contributed by atoms with Crippen LogP contribution in [-0.2, 0) is 6.54 Å². The minimum atomic E-state index is -0.0876. The van der Waals surface area contributed by atoms with Crippen molar-refractivity contribution < 1.29 is 9.32 Å². The largest absolute Gasteiger partial charge is 0.350 e. The molecule has 0 unspecified atom stereocenters. The Labute approximate surface area is 153 Å². The Morgan fingerprint density at radius 1 is 1.04 bits per heavy atom.